The Morgan fingerprint density at radius 3 is 2.37 bits per heavy atom. The predicted molar refractivity (Wildman–Crippen MR) is 117 cm³/mol. The fraction of sp³-hybridized carbons (Fsp3) is 0.458. The van der Waals surface area contributed by atoms with E-state index >= 15 is 0 Å². The van der Waals surface area contributed by atoms with E-state index in [9.17, 15) is 4.79 Å². The van der Waals surface area contributed by atoms with Gasteiger partial charge in [0.15, 0.2) is 18.0 Å². The first-order valence-electron chi connectivity index (χ1n) is 10.8. The second-order valence-corrected chi connectivity index (χ2v) is 8.07. The molecule has 1 amide bonds. The molecule has 0 radical (unpaired) electrons. The number of methoxy groups -OCH3 is 2. The summed E-state index contributed by atoms with van der Waals surface area (Å²) in [6, 6.07) is 14.5. The number of aryl methyl sites for hydroxylation is 1. The Morgan fingerprint density at radius 1 is 0.967 bits per heavy atom. The molecule has 6 heteroatoms. The third-order valence-corrected chi connectivity index (χ3v) is 5.96. The zero-order valence-electron chi connectivity index (χ0n) is 18.4. The van der Waals surface area contributed by atoms with Crippen molar-refractivity contribution in [1.29, 1.82) is 0 Å². The number of ether oxygens (including phenoxy) is 2. The Balaban J connectivity index is 1.36. The highest BCUT2D eigenvalue weighted by Gasteiger charge is 2.25. The Bertz CT molecular complexity index is 832. The van der Waals surface area contributed by atoms with Crippen LogP contribution < -0.4 is 24.6 Å². The van der Waals surface area contributed by atoms with Crippen molar-refractivity contribution < 1.29 is 24.1 Å². The van der Waals surface area contributed by atoms with Gasteiger partial charge in [0.1, 0.15) is 32.7 Å². The monoisotopic (exact) mass is 413 g/mol. The topological polar surface area (TPSA) is 56.4 Å². The number of carbonyl (C=O) groups is 1. The van der Waals surface area contributed by atoms with Crippen molar-refractivity contribution >= 4 is 5.91 Å². The molecule has 0 bridgehead atoms. The summed E-state index contributed by atoms with van der Waals surface area (Å²) in [6.45, 7) is 8.77. The second kappa shape index (κ2) is 11.0. The lowest BCUT2D eigenvalue weighted by Gasteiger charge is -2.29. The minimum absolute atomic E-state index is 0.132. The maximum absolute atomic E-state index is 12.4. The van der Waals surface area contributed by atoms with Gasteiger partial charge in [0.05, 0.1) is 14.2 Å². The molecule has 1 fully saturated rings. The Hall–Kier alpha value is -2.57. The number of quaternary nitrogens is 2. The van der Waals surface area contributed by atoms with Crippen molar-refractivity contribution in [2.45, 2.75) is 19.9 Å². The Kier molecular flexibility index (Phi) is 8.11. The van der Waals surface area contributed by atoms with Crippen molar-refractivity contribution in [3.63, 3.8) is 0 Å². The zero-order chi connectivity index (χ0) is 21.3. The van der Waals surface area contributed by atoms with Crippen molar-refractivity contribution in [3.05, 3.63) is 59.2 Å². The normalized spacial score (nSPS) is 18.6. The van der Waals surface area contributed by atoms with Crippen LogP contribution in [0.5, 0.6) is 11.5 Å². The first-order chi connectivity index (χ1) is 14.6. The highest BCUT2D eigenvalue weighted by molar-refractivity contribution is 5.76. The molecular weight excluding hydrogens is 378 g/mol. The van der Waals surface area contributed by atoms with Crippen LogP contribution in [-0.2, 0) is 17.8 Å². The summed E-state index contributed by atoms with van der Waals surface area (Å²) < 4.78 is 10.6. The summed E-state index contributed by atoms with van der Waals surface area (Å²) in [4.78, 5) is 15.4. The van der Waals surface area contributed by atoms with Crippen LogP contribution in [0.15, 0.2) is 42.5 Å². The van der Waals surface area contributed by atoms with Gasteiger partial charge in [-0.2, -0.15) is 0 Å². The van der Waals surface area contributed by atoms with Gasteiger partial charge in [-0.05, 0) is 36.6 Å². The Labute approximate surface area is 179 Å². The van der Waals surface area contributed by atoms with Crippen LogP contribution in [-0.4, -0.2) is 59.4 Å². The molecule has 2 aromatic carbocycles. The average molecular weight is 414 g/mol. The first-order valence-corrected chi connectivity index (χ1v) is 10.8. The van der Waals surface area contributed by atoms with Crippen LogP contribution >= 0.6 is 0 Å². The molecular formula is C24H35N3O3+2. The van der Waals surface area contributed by atoms with E-state index in [1.165, 1.54) is 16.0 Å². The fourth-order valence-electron chi connectivity index (χ4n) is 4.06. The predicted octanol–water partition coefficient (Wildman–Crippen LogP) is -0.345. The zero-order valence-corrected chi connectivity index (χ0v) is 18.4. The van der Waals surface area contributed by atoms with Gasteiger partial charge in [-0.15, -0.1) is 0 Å². The molecule has 0 aliphatic carbocycles. The third kappa shape index (κ3) is 6.21. The van der Waals surface area contributed by atoms with Crippen molar-refractivity contribution in [3.8, 4) is 11.5 Å². The second-order valence-electron chi connectivity index (χ2n) is 8.07. The van der Waals surface area contributed by atoms with Crippen LogP contribution in [0, 0.1) is 6.92 Å². The lowest BCUT2D eigenvalue weighted by atomic mass is 10.1. The quantitative estimate of drug-likeness (QED) is 0.527. The first kappa shape index (κ1) is 22.1. The molecule has 0 aromatic heterocycles. The highest BCUT2D eigenvalue weighted by Crippen LogP contribution is 2.27. The van der Waals surface area contributed by atoms with Crippen LogP contribution in [0.4, 0.5) is 0 Å². The van der Waals surface area contributed by atoms with Gasteiger partial charge in [-0.3, -0.25) is 4.79 Å². The summed E-state index contributed by atoms with van der Waals surface area (Å²) >= 11 is 0. The smallest absolute Gasteiger partial charge is 0.275 e. The van der Waals surface area contributed by atoms with E-state index in [1.54, 1.807) is 19.1 Å². The van der Waals surface area contributed by atoms with Crippen LogP contribution in [0.25, 0.3) is 0 Å². The molecule has 3 N–H and O–H groups in total. The van der Waals surface area contributed by atoms with E-state index in [0.29, 0.717) is 13.1 Å². The van der Waals surface area contributed by atoms with Crippen LogP contribution in [0.3, 0.4) is 0 Å². The standard InChI is InChI=1S/C24H33N3O3/c1-19-6-4-5-7-21(19)17-26-12-14-27(15-13-26)18-24(28)25-11-10-20-8-9-22(29-2)23(16-20)30-3/h4-9,16H,10-15,17-18H2,1-3H3,(H,25,28)/p+2. The number of amides is 1. The molecule has 1 aliphatic rings. The number of carbonyl (C=O) groups excluding carboxylic acids is 1. The van der Waals surface area contributed by atoms with E-state index in [0.717, 1.165) is 56.2 Å². The summed E-state index contributed by atoms with van der Waals surface area (Å²) in [5.41, 5.74) is 3.92. The van der Waals surface area contributed by atoms with E-state index in [2.05, 4.69) is 36.5 Å². The summed E-state index contributed by atoms with van der Waals surface area (Å²) in [7, 11) is 3.26. The number of benzene rings is 2. The maximum atomic E-state index is 12.4. The molecule has 0 unspecified atom stereocenters. The molecule has 1 heterocycles. The van der Waals surface area contributed by atoms with Gasteiger partial charge in [-0.1, -0.05) is 30.3 Å². The minimum Gasteiger partial charge on any atom is -0.493 e. The molecule has 3 rings (SSSR count). The third-order valence-electron chi connectivity index (χ3n) is 5.96. The lowest BCUT2D eigenvalue weighted by molar-refractivity contribution is -1.02. The lowest BCUT2D eigenvalue weighted by Crippen LogP contribution is -3.28. The number of hydrogen-bond acceptors (Lipinski definition) is 3. The van der Waals surface area contributed by atoms with Crippen LogP contribution in [0.2, 0.25) is 0 Å². The minimum atomic E-state index is 0.132. The molecule has 0 spiro atoms. The number of piperazine rings is 1. The van der Waals surface area contributed by atoms with E-state index in [1.807, 2.05) is 18.2 Å². The van der Waals surface area contributed by atoms with E-state index in [-0.39, 0.29) is 5.91 Å². The number of hydrogen-bond donors (Lipinski definition) is 3. The van der Waals surface area contributed by atoms with Gasteiger partial charge in [0.25, 0.3) is 5.91 Å². The average Bonchev–Trinajstić information content (AvgIpc) is 2.76. The van der Waals surface area contributed by atoms with Crippen molar-refractivity contribution in [1.82, 2.24) is 5.32 Å². The number of rotatable bonds is 9. The SMILES string of the molecule is COc1ccc(CCNC(=O)C[NH+]2CC[NH+](Cc3ccccc3C)CC2)cc1OC. The molecule has 162 valence electrons. The summed E-state index contributed by atoms with van der Waals surface area (Å²) in [5, 5.41) is 3.06. The maximum Gasteiger partial charge on any atom is 0.275 e. The van der Waals surface area contributed by atoms with E-state index < -0.39 is 0 Å². The number of nitrogens with one attached hydrogen (secondary N) is 3. The van der Waals surface area contributed by atoms with Gasteiger partial charge in [0.2, 0.25) is 0 Å². The summed E-state index contributed by atoms with van der Waals surface area (Å²) in [5.74, 6) is 1.57. The Morgan fingerprint density at radius 2 is 1.67 bits per heavy atom. The van der Waals surface area contributed by atoms with Gasteiger partial charge in [0, 0.05) is 12.1 Å². The van der Waals surface area contributed by atoms with Crippen molar-refractivity contribution in [2.24, 2.45) is 0 Å². The molecule has 0 saturated carbocycles. The molecule has 1 saturated heterocycles. The van der Waals surface area contributed by atoms with E-state index in [4.69, 9.17) is 9.47 Å². The molecule has 6 nitrogen and oxygen atoms in total. The molecule has 1 aliphatic heterocycles. The molecule has 0 atom stereocenters. The van der Waals surface area contributed by atoms with Gasteiger partial charge >= 0.3 is 0 Å². The largest absolute Gasteiger partial charge is 0.493 e. The molecule has 2 aromatic rings. The van der Waals surface area contributed by atoms with Crippen LogP contribution in [0.1, 0.15) is 16.7 Å². The van der Waals surface area contributed by atoms with Gasteiger partial charge < -0.3 is 24.6 Å². The highest BCUT2D eigenvalue weighted by atomic mass is 16.5. The van der Waals surface area contributed by atoms with Gasteiger partial charge in [-0.25, -0.2) is 0 Å². The van der Waals surface area contributed by atoms with Crippen molar-refractivity contribution in [2.75, 3.05) is 53.5 Å². The summed E-state index contributed by atoms with van der Waals surface area (Å²) in [6.07, 6.45) is 0.774. The fourth-order valence-corrected chi connectivity index (χ4v) is 4.06. The molecule has 30 heavy (non-hydrogen) atoms.